The van der Waals surface area contributed by atoms with Crippen LogP contribution in [0, 0.1) is 0 Å². The summed E-state index contributed by atoms with van der Waals surface area (Å²) in [5, 5.41) is 18.7. The molecule has 17 heavy (non-hydrogen) atoms. The molecule has 0 saturated heterocycles. The molecule has 1 atom stereocenters. The van der Waals surface area contributed by atoms with Gasteiger partial charge in [0.25, 0.3) is 0 Å². The van der Waals surface area contributed by atoms with Crippen LogP contribution in [0.5, 0.6) is 0 Å². The molecule has 92 valence electrons. The monoisotopic (exact) mass is 236 g/mol. The number of hydrogen-bond donors (Lipinski definition) is 3. The summed E-state index contributed by atoms with van der Waals surface area (Å²) in [6, 6.07) is 5.64. The van der Waals surface area contributed by atoms with Crippen molar-refractivity contribution in [2.45, 2.75) is 18.9 Å². The van der Waals surface area contributed by atoms with Gasteiger partial charge in [-0.15, -0.1) is 0 Å². The minimum Gasteiger partial charge on any atom is -0.479 e. The first-order chi connectivity index (χ1) is 7.92. The molecule has 1 unspecified atom stereocenters. The normalized spacial score (nSPS) is 17.6. The Bertz CT molecular complexity index is 457. The number of rotatable bonds is 3. The number of aliphatic hydroxyl groups is 1. The number of nitrogens with two attached hydrogens (primary N) is 1. The van der Waals surface area contributed by atoms with Gasteiger partial charge in [0, 0.05) is 6.54 Å². The number of carboxylic acid groups (broad SMARTS) is 1. The maximum atomic E-state index is 10.9. The molecular weight excluding hydrogens is 220 g/mol. The van der Waals surface area contributed by atoms with E-state index in [1.54, 1.807) is 6.07 Å². The maximum Gasteiger partial charge on any atom is 0.337 e. The lowest BCUT2D eigenvalue weighted by atomic mass is 10.1. The molecule has 0 aromatic heterocycles. The molecule has 5 heteroatoms. The number of para-hydroxylation sites is 1. The molecular formula is C12H16N2O3. The predicted molar refractivity (Wildman–Crippen MR) is 65.0 cm³/mol. The first kappa shape index (κ1) is 11.7. The van der Waals surface area contributed by atoms with Crippen molar-refractivity contribution in [2.75, 3.05) is 23.7 Å². The largest absolute Gasteiger partial charge is 0.479 e. The van der Waals surface area contributed by atoms with Gasteiger partial charge >= 0.3 is 5.97 Å². The number of nitrogen functional groups attached to an aromatic ring is 1. The molecule has 4 N–H and O–H groups in total. The molecule has 0 spiro atoms. The van der Waals surface area contributed by atoms with Crippen LogP contribution >= 0.6 is 0 Å². The van der Waals surface area contributed by atoms with Gasteiger partial charge in [-0.2, -0.15) is 0 Å². The standard InChI is InChI=1S/C12H16N2O3/c1-12(17,11(15)16)7-14-6-5-8-3-2-4-9(13)10(8)14/h2-4,17H,5-7,13H2,1H3,(H,15,16). The lowest BCUT2D eigenvalue weighted by molar-refractivity contribution is -0.155. The fourth-order valence-corrected chi connectivity index (χ4v) is 2.16. The van der Waals surface area contributed by atoms with Crippen molar-refractivity contribution >= 4 is 17.3 Å². The van der Waals surface area contributed by atoms with Crippen molar-refractivity contribution in [1.82, 2.24) is 0 Å². The Hall–Kier alpha value is -1.75. The van der Waals surface area contributed by atoms with Crippen LogP contribution in [0.3, 0.4) is 0 Å². The second kappa shape index (κ2) is 3.92. The summed E-state index contributed by atoms with van der Waals surface area (Å²) in [6.45, 7) is 2.03. The highest BCUT2D eigenvalue weighted by atomic mass is 16.4. The third kappa shape index (κ3) is 2.06. The topological polar surface area (TPSA) is 86.8 Å². The smallest absolute Gasteiger partial charge is 0.337 e. The second-order valence-corrected chi connectivity index (χ2v) is 4.61. The van der Waals surface area contributed by atoms with E-state index in [1.807, 2.05) is 17.0 Å². The van der Waals surface area contributed by atoms with E-state index < -0.39 is 11.6 Å². The summed E-state index contributed by atoms with van der Waals surface area (Å²) >= 11 is 0. The number of nitrogens with zero attached hydrogens (tertiary/aromatic N) is 1. The first-order valence-electron chi connectivity index (χ1n) is 5.50. The number of carboxylic acids is 1. The summed E-state index contributed by atoms with van der Waals surface area (Å²) in [4.78, 5) is 12.7. The summed E-state index contributed by atoms with van der Waals surface area (Å²) in [5.41, 5.74) is 6.71. The second-order valence-electron chi connectivity index (χ2n) is 4.61. The van der Waals surface area contributed by atoms with Crippen LogP contribution in [0.25, 0.3) is 0 Å². The highest BCUT2D eigenvalue weighted by Crippen LogP contribution is 2.34. The van der Waals surface area contributed by atoms with Crippen molar-refractivity contribution in [3.8, 4) is 0 Å². The molecule has 5 nitrogen and oxygen atoms in total. The molecule has 1 aliphatic rings. The Morgan fingerprint density at radius 3 is 2.94 bits per heavy atom. The van der Waals surface area contributed by atoms with Gasteiger partial charge in [0.15, 0.2) is 5.60 Å². The van der Waals surface area contributed by atoms with Crippen molar-refractivity contribution in [3.63, 3.8) is 0 Å². The number of anilines is 2. The summed E-state index contributed by atoms with van der Waals surface area (Å²) < 4.78 is 0. The fraction of sp³-hybridized carbons (Fsp3) is 0.417. The van der Waals surface area contributed by atoms with Crippen molar-refractivity contribution in [3.05, 3.63) is 23.8 Å². The van der Waals surface area contributed by atoms with Crippen LogP contribution in [0.1, 0.15) is 12.5 Å². The highest BCUT2D eigenvalue weighted by molar-refractivity contribution is 5.80. The maximum absolute atomic E-state index is 10.9. The van der Waals surface area contributed by atoms with Gasteiger partial charge in [0.1, 0.15) is 0 Å². The van der Waals surface area contributed by atoms with E-state index in [1.165, 1.54) is 6.92 Å². The van der Waals surface area contributed by atoms with E-state index in [0.29, 0.717) is 12.2 Å². The third-order valence-corrected chi connectivity index (χ3v) is 3.08. The lowest BCUT2D eigenvalue weighted by Gasteiger charge is -2.28. The minimum absolute atomic E-state index is 0.0452. The molecule has 1 heterocycles. The number of hydrogen-bond acceptors (Lipinski definition) is 4. The molecule has 0 amide bonds. The fourth-order valence-electron chi connectivity index (χ4n) is 2.16. The van der Waals surface area contributed by atoms with Gasteiger partial charge < -0.3 is 20.8 Å². The molecule has 0 saturated carbocycles. The molecule has 1 aromatic rings. The van der Waals surface area contributed by atoms with Gasteiger partial charge in [-0.05, 0) is 25.0 Å². The van der Waals surface area contributed by atoms with Crippen LogP contribution in [0.4, 0.5) is 11.4 Å². The number of aliphatic carboxylic acids is 1. The lowest BCUT2D eigenvalue weighted by Crippen LogP contribution is -2.46. The number of carbonyl (C=O) groups is 1. The Labute approximate surface area is 99.5 Å². The van der Waals surface area contributed by atoms with Crippen LogP contribution in [0.2, 0.25) is 0 Å². The Morgan fingerprint density at radius 2 is 2.29 bits per heavy atom. The Morgan fingerprint density at radius 1 is 1.59 bits per heavy atom. The molecule has 1 aliphatic heterocycles. The summed E-state index contributed by atoms with van der Waals surface area (Å²) in [6.07, 6.45) is 0.829. The van der Waals surface area contributed by atoms with E-state index in [9.17, 15) is 9.90 Å². The molecule has 2 rings (SSSR count). The third-order valence-electron chi connectivity index (χ3n) is 3.08. The average Bonchev–Trinajstić information content (AvgIpc) is 2.62. The van der Waals surface area contributed by atoms with Gasteiger partial charge in [-0.25, -0.2) is 4.79 Å². The molecule has 0 fully saturated rings. The molecule has 1 aromatic carbocycles. The summed E-state index contributed by atoms with van der Waals surface area (Å²) in [5.74, 6) is -1.22. The Balaban J connectivity index is 2.26. The van der Waals surface area contributed by atoms with Crippen LogP contribution < -0.4 is 10.6 Å². The van der Waals surface area contributed by atoms with Gasteiger partial charge in [-0.3, -0.25) is 0 Å². The van der Waals surface area contributed by atoms with E-state index in [4.69, 9.17) is 10.8 Å². The van der Waals surface area contributed by atoms with Crippen molar-refractivity contribution < 1.29 is 15.0 Å². The highest BCUT2D eigenvalue weighted by Gasteiger charge is 2.35. The van der Waals surface area contributed by atoms with Crippen LogP contribution in [-0.4, -0.2) is 34.9 Å². The zero-order valence-corrected chi connectivity index (χ0v) is 9.68. The quantitative estimate of drug-likeness (QED) is 0.664. The van der Waals surface area contributed by atoms with E-state index >= 15 is 0 Å². The van der Waals surface area contributed by atoms with E-state index in [-0.39, 0.29) is 6.54 Å². The molecule has 0 aliphatic carbocycles. The van der Waals surface area contributed by atoms with Crippen LogP contribution in [-0.2, 0) is 11.2 Å². The minimum atomic E-state index is -1.76. The van der Waals surface area contributed by atoms with E-state index in [0.717, 1.165) is 17.7 Å². The summed E-state index contributed by atoms with van der Waals surface area (Å²) in [7, 11) is 0. The average molecular weight is 236 g/mol. The van der Waals surface area contributed by atoms with Gasteiger partial charge in [0.2, 0.25) is 0 Å². The van der Waals surface area contributed by atoms with Crippen molar-refractivity contribution in [2.24, 2.45) is 0 Å². The van der Waals surface area contributed by atoms with Gasteiger partial charge in [0.05, 0.1) is 17.9 Å². The zero-order valence-electron chi connectivity index (χ0n) is 9.68. The predicted octanol–water partition coefficient (Wildman–Crippen LogP) is 0.467. The first-order valence-corrected chi connectivity index (χ1v) is 5.50. The van der Waals surface area contributed by atoms with E-state index in [2.05, 4.69) is 0 Å². The van der Waals surface area contributed by atoms with Gasteiger partial charge in [-0.1, -0.05) is 12.1 Å². The number of β-amino-alcohol motifs (C(OH)–C–C–N with tert-alkyl or cyclic N) is 1. The van der Waals surface area contributed by atoms with Crippen molar-refractivity contribution in [1.29, 1.82) is 0 Å². The van der Waals surface area contributed by atoms with Crippen LogP contribution in [0.15, 0.2) is 18.2 Å². The SMILES string of the molecule is CC(O)(CN1CCc2cccc(N)c21)C(=O)O. The number of fused-ring (bicyclic) bond motifs is 1. The number of benzene rings is 1. The molecule has 0 radical (unpaired) electrons. The zero-order chi connectivity index (χ0) is 12.6. The Kier molecular flexibility index (Phi) is 2.71. The molecule has 0 bridgehead atoms.